The number of aromatic nitrogens is 1. The third kappa shape index (κ3) is 4.28. The van der Waals surface area contributed by atoms with Crippen LogP contribution in [-0.4, -0.2) is 4.98 Å². The van der Waals surface area contributed by atoms with Gasteiger partial charge in [-0.05, 0) is 35.9 Å². The van der Waals surface area contributed by atoms with Crippen LogP contribution in [-0.2, 0) is 6.18 Å². The zero-order valence-corrected chi connectivity index (χ0v) is 11.1. The maximum absolute atomic E-state index is 12.5. The molecule has 0 unspecified atom stereocenters. The Morgan fingerprint density at radius 2 is 1.70 bits per heavy atom. The molecular weight excluding hydrogens is 289 g/mol. The van der Waals surface area contributed by atoms with Crippen molar-refractivity contribution in [2.45, 2.75) is 6.18 Å². The summed E-state index contributed by atoms with van der Waals surface area (Å²) in [5, 5.41) is 0. The molecule has 0 radical (unpaired) electrons. The second-order valence-corrected chi connectivity index (χ2v) is 3.94. The molecule has 1 aromatic heterocycles. The first kappa shape index (κ1) is 16.0. The van der Waals surface area contributed by atoms with Gasteiger partial charge in [0.2, 0.25) is 0 Å². The molecule has 0 spiro atoms. The maximum Gasteiger partial charge on any atom is 0.416 e. The quantitative estimate of drug-likeness (QED) is 0.899. The van der Waals surface area contributed by atoms with Crippen LogP contribution in [0.5, 0.6) is 0 Å². The fourth-order valence-electron chi connectivity index (χ4n) is 1.56. The van der Waals surface area contributed by atoms with Gasteiger partial charge < -0.3 is 5.73 Å². The summed E-state index contributed by atoms with van der Waals surface area (Å²) in [6.07, 6.45) is -1.15. The molecule has 2 rings (SSSR count). The predicted octanol–water partition coefficient (Wildman–Crippen LogP) is 4.27. The molecule has 0 aliphatic heterocycles. The Bertz CT molecular complexity index is 609. The van der Waals surface area contributed by atoms with Crippen molar-refractivity contribution >= 4 is 30.4 Å². The van der Waals surface area contributed by atoms with Crippen molar-refractivity contribution < 1.29 is 13.2 Å². The third-order valence-electron chi connectivity index (χ3n) is 2.45. The molecule has 0 fully saturated rings. The first-order chi connectivity index (χ1) is 8.95. The summed E-state index contributed by atoms with van der Waals surface area (Å²) < 4.78 is 37.6. The SMILES string of the molecule is Cl.Nc1cccc(C=Cc2cccc(C(F)(F)F)c2)n1. The van der Waals surface area contributed by atoms with Crippen molar-refractivity contribution in [2.75, 3.05) is 5.73 Å². The molecule has 6 heteroatoms. The summed E-state index contributed by atoms with van der Waals surface area (Å²) in [7, 11) is 0. The van der Waals surface area contributed by atoms with Gasteiger partial charge in [0, 0.05) is 0 Å². The van der Waals surface area contributed by atoms with Gasteiger partial charge in [0.1, 0.15) is 5.82 Å². The van der Waals surface area contributed by atoms with Crippen molar-refractivity contribution in [3.8, 4) is 0 Å². The first-order valence-electron chi connectivity index (χ1n) is 5.53. The van der Waals surface area contributed by atoms with Gasteiger partial charge in [-0.15, -0.1) is 12.4 Å². The van der Waals surface area contributed by atoms with E-state index < -0.39 is 11.7 Å². The minimum Gasteiger partial charge on any atom is -0.384 e. The number of nitrogens with zero attached hydrogens (tertiary/aromatic N) is 1. The molecule has 0 amide bonds. The van der Waals surface area contributed by atoms with E-state index in [4.69, 9.17) is 5.73 Å². The Morgan fingerprint density at radius 1 is 1.00 bits per heavy atom. The standard InChI is InChI=1S/C14H11F3N2.ClH/c15-14(16,17)11-4-1-3-10(9-11)7-8-12-5-2-6-13(18)19-12;/h1-9H,(H2,18,19);1H. The summed E-state index contributed by atoms with van der Waals surface area (Å²) in [6.45, 7) is 0. The first-order valence-corrected chi connectivity index (χ1v) is 5.53. The summed E-state index contributed by atoms with van der Waals surface area (Å²) in [5.41, 5.74) is 5.90. The van der Waals surface area contributed by atoms with Crippen molar-refractivity contribution in [3.63, 3.8) is 0 Å². The second kappa shape index (κ2) is 6.43. The number of hydrogen-bond donors (Lipinski definition) is 1. The molecule has 0 aliphatic rings. The molecule has 106 valence electrons. The molecule has 0 bridgehead atoms. The highest BCUT2D eigenvalue weighted by Crippen LogP contribution is 2.29. The van der Waals surface area contributed by atoms with Gasteiger partial charge in [0.25, 0.3) is 0 Å². The van der Waals surface area contributed by atoms with Crippen LogP contribution in [0.4, 0.5) is 19.0 Å². The van der Waals surface area contributed by atoms with Crippen molar-refractivity contribution in [2.24, 2.45) is 0 Å². The normalized spacial score (nSPS) is 11.3. The molecule has 1 heterocycles. The van der Waals surface area contributed by atoms with Gasteiger partial charge in [-0.2, -0.15) is 13.2 Å². The van der Waals surface area contributed by atoms with Crippen LogP contribution in [0.2, 0.25) is 0 Å². The molecular formula is C14H12ClF3N2. The minimum absolute atomic E-state index is 0. The fraction of sp³-hybridized carbons (Fsp3) is 0.0714. The van der Waals surface area contributed by atoms with Crippen molar-refractivity contribution in [1.82, 2.24) is 4.98 Å². The number of hydrogen-bond acceptors (Lipinski definition) is 2. The summed E-state index contributed by atoms with van der Waals surface area (Å²) >= 11 is 0. The van der Waals surface area contributed by atoms with Crippen LogP contribution in [0.1, 0.15) is 16.8 Å². The van der Waals surface area contributed by atoms with Crippen LogP contribution >= 0.6 is 12.4 Å². The topological polar surface area (TPSA) is 38.9 Å². The third-order valence-corrected chi connectivity index (χ3v) is 2.45. The lowest BCUT2D eigenvalue weighted by Gasteiger charge is -2.06. The Morgan fingerprint density at radius 3 is 2.35 bits per heavy atom. The molecule has 1 aromatic carbocycles. The lowest BCUT2D eigenvalue weighted by atomic mass is 10.1. The number of benzene rings is 1. The van der Waals surface area contributed by atoms with Gasteiger partial charge in [-0.3, -0.25) is 0 Å². The smallest absolute Gasteiger partial charge is 0.384 e. The summed E-state index contributed by atoms with van der Waals surface area (Å²) in [4.78, 5) is 4.03. The molecule has 2 nitrogen and oxygen atoms in total. The highest BCUT2D eigenvalue weighted by atomic mass is 35.5. The van der Waals surface area contributed by atoms with E-state index in [1.54, 1.807) is 36.4 Å². The van der Waals surface area contributed by atoms with Crippen molar-refractivity contribution in [3.05, 3.63) is 59.3 Å². The van der Waals surface area contributed by atoms with Gasteiger partial charge in [0.15, 0.2) is 0 Å². The largest absolute Gasteiger partial charge is 0.416 e. The molecule has 2 aromatic rings. The zero-order chi connectivity index (χ0) is 13.9. The average Bonchev–Trinajstić information content (AvgIpc) is 2.36. The van der Waals surface area contributed by atoms with E-state index in [0.717, 1.165) is 12.1 Å². The van der Waals surface area contributed by atoms with Crippen LogP contribution in [0.15, 0.2) is 42.5 Å². The van der Waals surface area contributed by atoms with Gasteiger partial charge in [0.05, 0.1) is 11.3 Å². The van der Waals surface area contributed by atoms with E-state index in [1.165, 1.54) is 6.07 Å². The number of rotatable bonds is 2. The maximum atomic E-state index is 12.5. The molecule has 20 heavy (non-hydrogen) atoms. The van der Waals surface area contributed by atoms with Crippen LogP contribution in [0.25, 0.3) is 12.2 Å². The molecule has 0 atom stereocenters. The van der Waals surface area contributed by atoms with Gasteiger partial charge in [-0.25, -0.2) is 4.98 Å². The summed E-state index contributed by atoms with van der Waals surface area (Å²) in [5.74, 6) is 0.367. The Hall–Kier alpha value is -2.01. The number of alkyl halides is 3. The Balaban J connectivity index is 0.00000200. The van der Waals surface area contributed by atoms with E-state index in [1.807, 2.05) is 0 Å². The monoisotopic (exact) mass is 300 g/mol. The number of nitrogens with two attached hydrogens (primary N) is 1. The Kier molecular flexibility index (Phi) is 5.16. The number of anilines is 1. The lowest BCUT2D eigenvalue weighted by Crippen LogP contribution is -2.04. The number of pyridine rings is 1. The highest BCUT2D eigenvalue weighted by molar-refractivity contribution is 5.85. The molecule has 0 aliphatic carbocycles. The number of halogens is 4. The van der Waals surface area contributed by atoms with Crippen LogP contribution < -0.4 is 5.73 Å². The second-order valence-electron chi connectivity index (χ2n) is 3.94. The van der Waals surface area contributed by atoms with E-state index >= 15 is 0 Å². The Labute approximate surface area is 120 Å². The minimum atomic E-state index is -4.33. The van der Waals surface area contributed by atoms with E-state index in [9.17, 15) is 13.2 Å². The predicted molar refractivity (Wildman–Crippen MR) is 76.3 cm³/mol. The molecule has 0 saturated carbocycles. The lowest BCUT2D eigenvalue weighted by molar-refractivity contribution is -0.137. The molecule has 2 N–H and O–H groups in total. The van der Waals surface area contributed by atoms with Gasteiger partial charge >= 0.3 is 6.18 Å². The van der Waals surface area contributed by atoms with E-state index in [-0.39, 0.29) is 12.4 Å². The van der Waals surface area contributed by atoms with Crippen molar-refractivity contribution in [1.29, 1.82) is 0 Å². The molecule has 0 saturated heterocycles. The van der Waals surface area contributed by atoms with Crippen LogP contribution in [0, 0.1) is 0 Å². The van der Waals surface area contributed by atoms with E-state index in [0.29, 0.717) is 17.1 Å². The number of nitrogen functional groups attached to an aromatic ring is 1. The zero-order valence-electron chi connectivity index (χ0n) is 10.3. The average molecular weight is 301 g/mol. The summed E-state index contributed by atoms with van der Waals surface area (Å²) in [6, 6.07) is 10.2. The highest BCUT2D eigenvalue weighted by Gasteiger charge is 2.30. The van der Waals surface area contributed by atoms with Gasteiger partial charge in [-0.1, -0.05) is 24.3 Å². The van der Waals surface area contributed by atoms with Crippen LogP contribution in [0.3, 0.4) is 0 Å². The fourth-order valence-corrected chi connectivity index (χ4v) is 1.56. The van der Waals surface area contributed by atoms with E-state index in [2.05, 4.69) is 4.98 Å².